The summed E-state index contributed by atoms with van der Waals surface area (Å²) in [5, 5.41) is 13.2. The second kappa shape index (κ2) is 11.0. The number of halogens is 3. The molecule has 0 aliphatic heterocycles. The van der Waals surface area contributed by atoms with Crippen molar-refractivity contribution in [3.8, 4) is 11.3 Å². The number of nitrogen functional groups attached to an aromatic ring is 1. The van der Waals surface area contributed by atoms with E-state index in [4.69, 9.17) is 16.2 Å². The molecule has 5 rings (SSSR count). The lowest BCUT2D eigenvalue weighted by molar-refractivity contribution is -0.0392. The lowest BCUT2D eigenvalue weighted by atomic mass is 9.75. The quantitative estimate of drug-likeness (QED) is 0.321. The van der Waals surface area contributed by atoms with E-state index in [-0.39, 0.29) is 23.1 Å². The molecular weight excluding hydrogens is 539 g/mol. The Labute approximate surface area is 234 Å². The van der Waals surface area contributed by atoms with Gasteiger partial charge in [-0.25, -0.2) is 22.9 Å². The fourth-order valence-electron chi connectivity index (χ4n) is 5.83. The Morgan fingerprint density at radius 3 is 2.44 bits per heavy atom. The van der Waals surface area contributed by atoms with Gasteiger partial charge in [0.2, 0.25) is 0 Å². The van der Waals surface area contributed by atoms with Gasteiger partial charge >= 0.3 is 6.09 Å². The first kappa shape index (κ1) is 28.3. The molecule has 1 aromatic carbocycles. The van der Waals surface area contributed by atoms with E-state index in [1.165, 1.54) is 6.20 Å². The summed E-state index contributed by atoms with van der Waals surface area (Å²) < 4.78 is 50.4. The molecule has 2 aliphatic carbocycles. The summed E-state index contributed by atoms with van der Waals surface area (Å²) in [6.07, 6.45) is 5.05. The second-order valence-electron chi connectivity index (χ2n) is 10.9. The monoisotopic (exact) mass is 569 g/mol. The van der Waals surface area contributed by atoms with Crippen molar-refractivity contribution in [3.05, 3.63) is 70.9 Å². The van der Waals surface area contributed by atoms with Crippen LogP contribution in [0.25, 0.3) is 11.3 Å². The summed E-state index contributed by atoms with van der Waals surface area (Å²) in [7, 11) is 0. The molecular formula is C29H30F3N5O4. The number of nitrogens with zero attached hydrogens (tertiary/aromatic N) is 2. The van der Waals surface area contributed by atoms with Gasteiger partial charge in [0.1, 0.15) is 23.4 Å². The minimum atomic E-state index is -1.33. The van der Waals surface area contributed by atoms with E-state index in [0.29, 0.717) is 37.8 Å². The summed E-state index contributed by atoms with van der Waals surface area (Å²) in [5.41, 5.74) is 8.62. The van der Waals surface area contributed by atoms with Crippen LogP contribution in [0.5, 0.6) is 0 Å². The van der Waals surface area contributed by atoms with Gasteiger partial charge in [-0.2, -0.15) is 0 Å². The van der Waals surface area contributed by atoms with E-state index in [2.05, 4.69) is 15.3 Å². The number of nitrogens with two attached hydrogens (primary N) is 2. The van der Waals surface area contributed by atoms with Gasteiger partial charge in [0.15, 0.2) is 11.5 Å². The molecule has 2 saturated carbocycles. The van der Waals surface area contributed by atoms with Crippen LogP contribution in [0.4, 0.5) is 29.3 Å². The maximum absolute atomic E-state index is 15.1. The number of rotatable bonds is 6. The van der Waals surface area contributed by atoms with Crippen molar-refractivity contribution in [1.82, 2.24) is 9.97 Å². The summed E-state index contributed by atoms with van der Waals surface area (Å²) in [6.45, 7) is 2.02. The third-order valence-electron chi connectivity index (χ3n) is 7.94. The van der Waals surface area contributed by atoms with Crippen LogP contribution < -0.4 is 16.8 Å². The van der Waals surface area contributed by atoms with Crippen molar-refractivity contribution in [1.29, 1.82) is 0 Å². The van der Waals surface area contributed by atoms with Crippen molar-refractivity contribution < 1.29 is 32.6 Å². The van der Waals surface area contributed by atoms with Gasteiger partial charge in [-0.05, 0) is 79.7 Å². The van der Waals surface area contributed by atoms with Crippen molar-refractivity contribution >= 4 is 23.4 Å². The molecule has 12 heteroatoms. The number of carbonyl (C=O) groups excluding carboxylic acids is 2. The average molecular weight is 570 g/mol. The summed E-state index contributed by atoms with van der Waals surface area (Å²) >= 11 is 0. The highest BCUT2D eigenvalue weighted by Gasteiger charge is 2.38. The number of nitrogens with one attached hydrogen (secondary N) is 1. The number of anilines is 2. The molecule has 0 unspecified atom stereocenters. The minimum absolute atomic E-state index is 0.0564. The van der Waals surface area contributed by atoms with Crippen molar-refractivity contribution in [2.24, 2.45) is 11.7 Å². The number of benzene rings is 1. The first-order valence-electron chi connectivity index (χ1n) is 13.3. The Hall–Kier alpha value is -4.19. The van der Waals surface area contributed by atoms with Crippen LogP contribution in [-0.4, -0.2) is 33.2 Å². The summed E-state index contributed by atoms with van der Waals surface area (Å²) in [5.74, 6) is -4.12. The van der Waals surface area contributed by atoms with Crippen molar-refractivity contribution in [3.63, 3.8) is 0 Å². The first-order chi connectivity index (χ1) is 19.4. The number of ether oxygens (including phenoxy) is 1. The zero-order valence-corrected chi connectivity index (χ0v) is 22.3. The van der Waals surface area contributed by atoms with Gasteiger partial charge in [-0.1, -0.05) is 6.92 Å². The largest absolute Gasteiger partial charge is 0.446 e. The molecule has 0 radical (unpaired) electrons. The molecule has 0 bridgehead atoms. The third kappa shape index (κ3) is 5.69. The van der Waals surface area contributed by atoms with Gasteiger partial charge in [0.05, 0.1) is 28.7 Å². The molecule has 6 N–H and O–H groups in total. The normalized spacial score (nSPS) is 21.5. The molecule has 41 heavy (non-hydrogen) atoms. The van der Waals surface area contributed by atoms with Gasteiger partial charge in [-0.15, -0.1) is 0 Å². The zero-order chi connectivity index (χ0) is 29.5. The maximum atomic E-state index is 15.1. The average Bonchev–Trinajstić information content (AvgIpc) is 2.87. The fourth-order valence-corrected chi connectivity index (χ4v) is 5.83. The molecule has 0 saturated heterocycles. The highest BCUT2D eigenvalue weighted by molar-refractivity contribution is 6.07. The fraction of sp³-hybridized carbons (Fsp3) is 0.379. The van der Waals surface area contributed by atoms with Gasteiger partial charge in [0.25, 0.3) is 5.91 Å². The third-order valence-corrected chi connectivity index (χ3v) is 7.94. The van der Waals surface area contributed by atoms with E-state index in [0.717, 1.165) is 30.2 Å². The number of pyridine rings is 2. The molecule has 2 aromatic heterocycles. The van der Waals surface area contributed by atoms with Crippen LogP contribution >= 0.6 is 0 Å². The molecule has 3 aromatic rings. The Morgan fingerprint density at radius 2 is 1.80 bits per heavy atom. The number of hydrogen-bond donors (Lipinski definition) is 4. The van der Waals surface area contributed by atoms with Crippen LogP contribution in [0, 0.1) is 23.4 Å². The van der Waals surface area contributed by atoms with E-state index >= 15 is 8.78 Å². The number of primary amides is 1. The molecule has 2 heterocycles. The van der Waals surface area contributed by atoms with E-state index in [1.54, 1.807) is 12.3 Å². The van der Waals surface area contributed by atoms with Crippen LogP contribution in [0.2, 0.25) is 0 Å². The van der Waals surface area contributed by atoms with Gasteiger partial charge in [-0.3, -0.25) is 9.78 Å². The summed E-state index contributed by atoms with van der Waals surface area (Å²) in [4.78, 5) is 32.7. The zero-order valence-electron chi connectivity index (χ0n) is 22.3. The van der Waals surface area contributed by atoms with Crippen LogP contribution in [0.15, 0.2) is 36.7 Å². The number of aromatic nitrogens is 2. The predicted molar refractivity (Wildman–Crippen MR) is 144 cm³/mol. The number of carbonyl (C=O) groups is 2. The maximum Gasteiger partial charge on any atom is 0.404 e. The van der Waals surface area contributed by atoms with E-state index in [1.807, 2.05) is 6.92 Å². The standard InChI is InChI=1S/C29H30F3N5O4/c1-14-7-15(9-17(8-14)41-28(34)39)18-3-6-35-13-23(18)36-27(38)26-22(33)12-21(32)25(37-26)24-19(30)10-16(11-20(24)31)29(40)4-2-5-29/h3,6,10-15,17,40H,2,4-5,7-9,33H2,1H3,(H2,34,39)(H,36,38)/t14-,15+,17-/m0/s1. The van der Waals surface area contributed by atoms with Crippen LogP contribution in [-0.2, 0) is 10.3 Å². The van der Waals surface area contributed by atoms with Crippen LogP contribution in [0.1, 0.15) is 73.0 Å². The van der Waals surface area contributed by atoms with Gasteiger partial charge in [0, 0.05) is 12.3 Å². The minimum Gasteiger partial charge on any atom is -0.446 e. The SMILES string of the molecule is C[C@@H]1C[C@H](OC(N)=O)C[C@H](c2ccncc2NC(=O)c2nc(-c3c(F)cc(C4(O)CCC4)cc3F)c(F)cc2N)C1. The Bertz CT molecular complexity index is 1490. The molecule has 3 atom stereocenters. The van der Waals surface area contributed by atoms with Crippen molar-refractivity contribution in [2.45, 2.75) is 63.1 Å². The molecule has 2 fully saturated rings. The second-order valence-corrected chi connectivity index (χ2v) is 10.9. The highest BCUT2D eigenvalue weighted by atomic mass is 19.1. The first-order valence-corrected chi connectivity index (χ1v) is 13.3. The number of amides is 2. The highest BCUT2D eigenvalue weighted by Crippen LogP contribution is 2.43. The lowest BCUT2D eigenvalue weighted by Gasteiger charge is -2.37. The molecule has 2 amide bonds. The topological polar surface area (TPSA) is 153 Å². The molecule has 216 valence electrons. The molecule has 9 nitrogen and oxygen atoms in total. The van der Waals surface area contributed by atoms with Crippen LogP contribution in [0.3, 0.4) is 0 Å². The lowest BCUT2D eigenvalue weighted by Crippen LogP contribution is -2.33. The molecule has 0 spiro atoms. The predicted octanol–water partition coefficient (Wildman–Crippen LogP) is 5.13. The number of aliphatic hydroxyl groups is 1. The summed E-state index contributed by atoms with van der Waals surface area (Å²) in [6, 6.07) is 4.42. The Morgan fingerprint density at radius 1 is 1.10 bits per heavy atom. The van der Waals surface area contributed by atoms with Crippen molar-refractivity contribution in [2.75, 3.05) is 11.1 Å². The Kier molecular flexibility index (Phi) is 7.60. The van der Waals surface area contributed by atoms with E-state index < -0.39 is 58.1 Å². The number of hydrogen-bond acceptors (Lipinski definition) is 7. The smallest absolute Gasteiger partial charge is 0.404 e. The Balaban J connectivity index is 1.44. The molecule has 2 aliphatic rings. The van der Waals surface area contributed by atoms with Gasteiger partial charge < -0.3 is 26.6 Å². The van der Waals surface area contributed by atoms with E-state index in [9.17, 15) is 19.1 Å².